The molecule has 162 valence electrons. The molecule has 0 N–H and O–H groups in total. The number of benzene rings is 4. The minimum Gasteiger partial charge on any atom is -0.307 e. The van der Waals surface area contributed by atoms with Gasteiger partial charge in [0.25, 0.3) is 0 Å². The lowest BCUT2D eigenvalue weighted by molar-refractivity contribution is 0.331. The summed E-state index contributed by atoms with van der Waals surface area (Å²) in [4.78, 5) is 4.55. The van der Waals surface area contributed by atoms with E-state index in [2.05, 4.69) is 113 Å². The van der Waals surface area contributed by atoms with E-state index in [9.17, 15) is 5.26 Å². The Kier molecular flexibility index (Phi) is 8.08. The van der Waals surface area contributed by atoms with Crippen LogP contribution in [-0.2, 0) is 26.2 Å². The predicted octanol–water partition coefficient (Wildman–Crippen LogP) is 5.94. The number of hydrogen-bond donors (Lipinski definition) is 0. The normalized spacial score (nSPS) is 10.8. The van der Waals surface area contributed by atoms with Crippen LogP contribution >= 0.6 is 0 Å². The number of hydrogen-bond acceptors (Lipinski definition) is 3. The second kappa shape index (κ2) is 11.8. The molecule has 0 radical (unpaired) electrons. The molecule has 0 unspecified atom stereocenters. The largest absolute Gasteiger partial charge is 0.434 e. The van der Waals surface area contributed by atoms with Crippen molar-refractivity contribution in [3.63, 3.8) is 0 Å². The van der Waals surface area contributed by atoms with Gasteiger partial charge >= 0.3 is 6.98 Å². The lowest BCUT2D eigenvalue weighted by atomic mass is 9.72. The molecule has 4 heteroatoms. The van der Waals surface area contributed by atoms with Crippen molar-refractivity contribution in [3.8, 4) is 5.97 Å². The van der Waals surface area contributed by atoms with Crippen LogP contribution in [0.5, 0.6) is 0 Å². The fraction of sp³-hybridized carbons (Fsp3) is 0.138. The molecular weight excluding hydrogens is 401 g/mol. The first-order valence-electron chi connectivity index (χ1n) is 11.4. The molecule has 0 aliphatic heterocycles. The molecule has 0 aliphatic carbocycles. The standard InChI is InChI=1S/C29H28BN3/c31-25-30(32(21-26-13-5-1-6-14-26)22-27-15-7-2-8-16-27)33(23-28-17-9-3-10-18-28)24-29-19-11-4-12-20-29/h1-20H,21-24H2. The van der Waals surface area contributed by atoms with Crippen LogP contribution in [0.3, 0.4) is 0 Å². The van der Waals surface area contributed by atoms with Gasteiger partial charge in [-0.2, -0.15) is 0 Å². The summed E-state index contributed by atoms with van der Waals surface area (Å²) in [6, 6.07) is 41.6. The average Bonchev–Trinajstić information content (AvgIpc) is 2.87. The number of rotatable bonds is 10. The summed E-state index contributed by atoms with van der Waals surface area (Å²) in [5.74, 6) is 2.64. The van der Waals surface area contributed by atoms with Gasteiger partial charge in [0.1, 0.15) is 0 Å². The Hall–Kier alpha value is -3.65. The lowest BCUT2D eigenvalue weighted by Gasteiger charge is -2.33. The van der Waals surface area contributed by atoms with Gasteiger partial charge in [0, 0.05) is 32.1 Å². The smallest absolute Gasteiger partial charge is 0.307 e. The van der Waals surface area contributed by atoms with E-state index < -0.39 is 0 Å². The molecule has 0 heterocycles. The number of nitrogens with zero attached hydrogens (tertiary/aromatic N) is 3. The maximum absolute atomic E-state index is 10.4. The molecule has 0 aliphatic rings. The van der Waals surface area contributed by atoms with E-state index in [1.807, 2.05) is 24.3 Å². The summed E-state index contributed by atoms with van der Waals surface area (Å²) in [6.45, 7) is 2.43. The second-order valence-corrected chi connectivity index (χ2v) is 8.26. The fourth-order valence-electron chi connectivity index (χ4n) is 4.12. The zero-order valence-electron chi connectivity index (χ0n) is 18.8. The molecule has 0 saturated heterocycles. The highest BCUT2D eigenvalue weighted by molar-refractivity contribution is 6.61. The van der Waals surface area contributed by atoms with Crippen LogP contribution in [0.15, 0.2) is 121 Å². The summed E-state index contributed by atoms with van der Waals surface area (Å²) in [5, 5.41) is 10.4. The maximum atomic E-state index is 10.4. The van der Waals surface area contributed by atoms with Crippen molar-refractivity contribution in [1.29, 1.82) is 5.26 Å². The molecule has 3 nitrogen and oxygen atoms in total. The van der Waals surface area contributed by atoms with Crippen molar-refractivity contribution < 1.29 is 0 Å². The van der Waals surface area contributed by atoms with Gasteiger partial charge in [-0.05, 0) is 22.3 Å². The Morgan fingerprint density at radius 1 is 0.455 bits per heavy atom. The predicted molar refractivity (Wildman–Crippen MR) is 136 cm³/mol. The van der Waals surface area contributed by atoms with E-state index in [0.717, 1.165) is 0 Å². The first-order valence-corrected chi connectivity index (χ1v) is 11.4. The fourth-order valence-corrected chi connectivity index (χ4v) is 4.12. The molecular formula is C29H28BN3. The summed E-state index contributed by atoms with van der Waals surface area (Å²) in [5.41, 5.74) is 4.81. The molecule has 0 saturated carbocycles. The minimum absolute atomic E-state index is 0.383. The molecule has 0 amide bonds. The van der Waals surface area contributed by atoms with Crippen molar-refractivity contribution in [1.82, 2.24) is 9.62 Å². The van der Waals surface area contributed by atoms with Crippen LogP contribution in [0, 0.1) is 11.2 Å². The van der Waals surface area contributed by atoms with Gasteiger partial charge in [-0.3, -0.25) is 0 Å². The third-order valence-electron chi connectivity index (χ3n) is 5.72. The Bertz CT molecular complexity index is 959. The Balaban J connectivity index is 1.66. The van der Waals surface area contributed by atoms with Crippen LogP contribution in [-0.4, -0.2) is 16.6 Å². The van der Waals surface area contributed by atoms with Crippen molar-refractivity contribution in [2.75, 3.05) is 0 Å². The van der Waals surface area contributed by atoms with Gasteiger partial charge in [-0.25, -0.2) is 5.26 Å². The summed E-state index contributed by atoms with van der Waals surface area (Å²) in [6.07, 6.45) is 0. The minimum atomic E-state index is -0.383. The quantitative estimate of drug-likeness (QED) is 0.292. The van der Waals surface area contributed by atoms with E-state index in [4.69, 9.17) is 0 Å². The first kappa shape index (κ1) is 22.5. The van der Waals surface area contributed by atoms with Crippen LogP contribution in [0.1, 0.15) is 22.3 Å². The van der Waals surface area contributed by atoms with Crippen molar-refractivity contribution in [2.24, 2.45) is 0 Å². The van der Waals surface area contributed by atoms with Crippen molar-refractivity contribution in [3.05, 3.63) is 144 Å². The lowest BCUT2D eigenvalue weighted by Crippen LogP contribution is -2.50. The molecule has 4 aromatic carbocycles. The van der Waals surface area contributed by atoms with Crippen molar-refractivity contribution in [2.45, 2.75) is 26.2 Å². The summed E-state index contributed by atoms with van der Waals surface area (Å²) in [7, 11) is 0. The van der Waals surface area contributed by atoms with Gasteiger partial charge in [0.2, 0.25) is 0 Å². The molecule has 33 heavy (non-hydrogen) atoms. The SMILES string of the molecule is N#CB(N(Cc1ccccc1)Cc1ccccc1)N(Cc1ccccc1)Cc1ccccc1. The van der Waals surface area contributed by atoms with Gasteiger partial charge in [-0.1, -0.05) is 121 Å². The highest BCUT2D eigenvalue weighted by Gasteiger charge is 2.32. The highest BCUT2D eigenvalue weighted by atomic mass is 15.2. The van der Waals surface area contributed by atoms with Gasteiger partial charge in [0.15, 0.2) is 0 Å². The molecule has 4 aromatic rings. The zero-order valence-corrected chi connectivity index (χ0v) is 18.8. The second-order valence-electron chi connectivity index (χ2n) is 8.26. The average molecular weight is 429 g/mol. The van der Waals surface area contributed by atoms with Crippen LogP contribution in [0.4, 0.5) is 0 Å². The molecule has 0 aromatic heterocycles. The first-order chi connectivity index (χ1) is 16.3. The topological polar surface area (TPSA) is 30.3 Å². The van der Waals surface area contributed by atoms with E-state index >= 15 is 0 Å². The number of nitriles is 1. The van der Waals surface area contributed by atoms with E-state index in [0.29, 0.717) is 26.2 Å². The molecule has 0 bridgehead atoms. The third kappa shape index (κ3) is 6.67. The van der Waals surface area contributed by atoms with E-state index in [-0.39, 0.29) is 6.98 Å². The van der Waals surface area contributed by atoms with Crippen molar-refractivity contribution >= 4 is 6.98 Å². The molecule has 0 atom stereocenters. The Morgan fingerprint density at radius 3 is 0.909 bits per heavy atom. The van der Waals surface area contributed by atoms with E-state index in [1.165, 1.54) is 22.3 Å². The van der Waals surface area contributed by atoms with Gasteiger partial charge < -0.3 is 9.62 Å². The summed E-state index contributed by atoms with van der Waals surface area (Å²) >= 11 is 0. The van der Waals surface area contributed by atoms with Crippen LogP contribution in [0.2, 0.25) is 0 Å². The monoisotopic (exact) mass is 429 g/mol. The van der Waals surface area contributed by atoms with Crippen LogP contribution in [0.25, 0.3) is 0 Å². The molecule has 0 fully saturated rings. The zero-order chi connectivity index (χ0) is 22.7. The third-order valence-corrected chi connectivity index (χ3v) is 5.72. The Labute approximate surface area is 197 Å². The van der Waals surface area contributed by atoms with Gasteiger partial charge in [-0.15, -0.1) is 0 Å². The highest BCUT2D eigenvalue weighted by Crippen LogP contribution is 2.18. The summed E-state index contributed by atoms with van der Waals surface area (Å²) < 4.78 is 0. The maximum Gasteiger partial charge on any atom is 0.434 e. The molecule has 4 rings (SSSR count). The van der Waals surface area contributed by atoms with Crippen LogP contribution < -0.4 is 0 Å². The Morgan fingerprint density at radius 2 is 0.697 bits per heavy atom. The molecule has 0 spiro atoms. The van der Waals surface area contributed by atoms with Gasteiger partial charge in [0.05, 0.1) is 0 Å². The van der Waals surface area contributed by atoms with E-state index in [1.54, 1.807) is 0 Å².